The van der Waals surface area contributed by atoms with E-state index in [9.17, 15) is 9.59 Å². The van der Waals surface area contributed by atoms with Gasteiger partial charge in [0.25, 0.3) is 0 Å². The van der Waals surface area contributed by atoms with Gasteiger partial charge in [-0.25, -0.2) is 0 Å². The standard InChI is InChI=1S/2C14H19N3OS.2Ni/c2*1-11(12-7-3-4-8-13(12)18)15-16-14(19)17-9-5-2-6-10-17;;/h2*3-4,7-8,15H,2,5-6,9-10H2,1H3,(H,16,19);;/p-2/b2*12-11-;;. The molecule has 2 aliphatic carbocycles. The normalized spacial score (nSPS) is 21.6. The molecule has 0 radical (unpaired) electrons. The average molecular weight is 670 g/mol. The molecule has 40 heavy (non-hydrogen) atoms. The molecule has 2 aliphatic heterocycles. The van der Waals surface area contributed by atoms with Crippen LogP contribution in [0.25, 0.3) is 0 Å². The predicted octanol–water partition coefficient (Wildman–Crippen LogP) is 3.69. The molecule has 2 N–H and O–H groups in total. The molecular formula is C28H36N6Ni2O2S2-2. The molecule has 0 amide bonds. The molecule has 2 fully saturated rings. The molecule has 0 aromatic rings. The van der Waals surface area contributed by atoms with Crippen molar-refractivity contribution in [3.8, 4) is 0 Å². The van der Waals surface area contributed by atoms with Crippen molar-refractivity contribution >= 4 is 47.2 Å². The molecule has 0 bridgehead atoms. The van der Waals surface area contributed by atoms with Gasteiger partial charge in [-0.1, -0.05) is 24.3 Å². The second kappa shape index (κ2) is 19.0. The van der Waals surface area contributed by atoms with Crippen LogP contribution in [0.15, 0.2) is 81.4 Å². The minimum absolute atomic E-state index is 0. The molecule has 0 spiro atoms. The number of allylic oxidation sites excluding steroid dienone is 12. The second-order valence-electron chi connectivity index (χ2n) is 9.35. The third-order valence-electron chi connectivity index (χ3n) is 6.47. The number of carbonyl (C=O) groups is 2. The Morgan fingerprint density at radius 3 is 1.27 bits per heavy atom. The number of nitrogens with one attached hydrogen (secondary N) is 2. The summed E-state index contributed by atoms with van der Waals surface area (Å²) in [6.07, 6.45) is 21.0. The zero-order valence-corrected chi connectivity index (χ0v) is 26.4. The Kier molecular flexibility index (Phi) is 17.0. The maximum absolute atomic E-state index is 11.7. The fourth-order valence-corrected chi connectivity index (χ4v) is 4.70. The molecule has 224 valence electrons. The van der Waals surface area contributed by atoms with Crippen LogP contribution < -0.4 is 10.9 Å². The van der Waals surface area contributed by atoms with Gasteiger partial charge in [0.2, 0.25) is 0 Å². The zero-order chi connectivity index (χ0) is 27.3. The number of hydrogen-bond donors (Lipinski definition) is 2. The first-order chi connectivity index (χ1) is 18.4. The first kappa shape index (κ1) is 35.8. The van der Waals surface area contributed by atoms with Crippen LogP contribution in [0.3, 0.4) is 0 Å². The molecule has 0 atom stereocenters. The number of hydrazone groups is 2. The number of amidine groups is 2. The maximum Gasteiger partial charge on any atom is 0.187 e. The maximum atomic E-state index is 11.7. The van der Waals surface area contributed by atoms with Crippen LogP contribution in [0.1, 0.15) is 52.4 Å². The van der Waals surface area contributed by atoms with Crippen molar-refractivity contribution in [3.63, 3.8) is 0 Å². The van der Waals surface area contributed by atoms with Crippen LogP contribution in [0.2, 0.25) is 0 Å². The molecule has 4 aliphatic rings. The third kappa shape index (κ3) is 11.3. The van der Waals surface area contributed by atoms with Crippen LogP contribution >= 0.6 is 0 Å². The molecule has 0 saturated carbocycles. The molecule has 2 heterocycles. The fourth-order valence-electron chi connectivity index (χ4n) is 4.25. The summed E-state index contributed by atoms with van der Waals surface area (Å²) in [5.41, 5.74) is 8.51. The number of piperidine rings is 2. The molecular weight excluding hydrogens is 634 g/mol. The van der Waals surface area contributed by atoms with Crippen LogP contribution in [-0.4, -0.2) is 57.9 Å². The SMILES string of the molecule is C/C(N/N=C(/[S-])N1CCCCC1)=C1\C=CC=CC1=O.C/C(N/N=C(\[S-])N1CCCCC1)=C1\C=CC=CC1=O.[Ni].[Ni]. The number of nitrogens with zero attached hydrogens (tertiary/aromatic N) is 4. The second-order valence-corrected chi connectivity index (χ2v) is 10.1. The molecule has 0 aromatic heterocycles. The molecule has 12 heteroatoms. The Labute approximate surface area is 269 Å². The van der Waals surface area contributed by atoms with Gasteiger partial charge < -0.3 is 35.1 Å². The Morgan fingerprint density at radius 2 is 0.950 bits per heavy atom. The number of ketones is 2. The molecule has 0 unspecified atom stereocenters. The van der Waals surface area contributed by atoms with Crippen molar-refractivity contribution in [3.05, 3.63) is 71.1 Å². The van der Waals surface area contributed by atoms with E-state index in [4.69, 9.17) is 25.3 Å². The largest absolute Gasteiger partial charge is 0.741 e. The Hall–Kier alpha value is -2.25. The van der Waals surface area contributed by atoms with Crippen LogP contribution in [0.4, 0.5) is 0 Å². The van der Waals surface area contributed by atoms with Gasteiger partial charge in [-0.2, -0.15) is 10.2 Å². The van der Waals surface area contributed by atoms with Gasteiger partial charge in [-0.05, 0) is 87.0 Å². The van der Waals surface area contributed by atoms with Gasteiger partial charge >= 0.3 is 0 Å². The summed E-state index contributed by atoms with van der Waals surface area (Å²) >= 11 is 10.6. The van der Waals surface area contributed by atoms with Gasteiger partial charge in [0.05, 0.1) is 0 Å². The van der Waals surface area contributed by atoms with Crippen molar-refractivity contribution in [2.75, 3.05) is 26.2 Å². The van der Waals surface area contributed by atoms with E-state index >= 15 is 0 Å². The van der Waals surface area contributed by atoms with E-state index in [1.165, 1.54) is 38.5 Å². The minimum Gasteiger partial charge on any atom is -0.741 e. The number of likely N-dealkylation sites (tertiary alicyclic amines) is 2. The summed E-state index contributed by atoms with van der Waals surface area (Å²) in [7, 11) is 0. The van der Waals surface area contributed by atoms with Crippen LogP contribution in [-0.2, 0) is 67.8 Å². The first-order valence-electron chi connectivity index (χ1n) is 13.1. The number of rotatable bonds is 4. The predicted molar refractivity (Wildman–Crippen MR) is 159 cm³/mol. The number of carbonyl (C=O) groups excluding carboxylic acids is 2. The van der Waals surface area contributed by atoms with E-state index < -0.39 is 0 Å². The summed E-state index contributed by atoms with van der Waals surface area (Å²) in [5, 5.41) is 9.54. The van der Waals surface area contributed by atoms with E-state index in [1.54, 1.807) is 36.5 Å². The van der Waals surface area contributed by atoms with E-state index in [-0.39, 0.29) is 44.5 Å². The Morgan fingerprint density at radius 1 is 0.625 bits per heavy atom. The van der Waals surface area contributed by atoms with Gasteiger partial charge in [0, 0.05) is 81.7 Å². The Balaban J connectivity index is 0.000000381. The average Bonchev–Trinajstić information content (AvgIpc) is 2.96. The summed E-state index contributed by atoms with van der Waals surface area (Å²) in [5.74, 6) is -0.0156. The number of hydrogen-bond acceptors (Lipinski definition) is 8. The summed E-state index contributed by atoms with van der Waals surface area (Å²) in [6.45, 7) is 7.56. The zero-order valence-electron chi connectivity index (χ0n) is 22.7. The van der Waals surface area contributed by atoms with E-state index in [0.29, 0.717) is 21.5 Å². The quantitative estimate of drug-likeness (QED) is 0.117. The van der Waals surface area contributed by atoms with Gasteiger partial charge in [-0.3, -0.25) is 20.4 Å². The molecule has 0 aromatic carbocycles. The Bertz CT molecular complexity index is 1040. The topological polar surface area (TPSA) is 89.4 Å². The van der Waals surface area contributed by atoms with Crippen LogP contribution in [0.5, 0.6) is 0 Å². The van der Waals surface area contributed by atoms with Gasteiger partial charge in [0.15, 0.2) is 11.6 Å². The van der Waals surface area contributed by atoms with Crippen molar-refractivity contribution in [2.24, 2.45) is 10.2 Å². The first-order valence-corrected chi connectivity index (χ1v) is 13.9. The van der Waals surface area contributed by atoms with Crippen molar-refractivity contribution in [2.45, 2.75) is 52.4 Å². The fraction of sp³-hybridized carbons (Fsp3) is 0.429. The smallest absolute Gasteiger partial charge is 0.187 e. The summed E-state index contributed by atoms with van der Waals surface area (Å²) in [4.78, 5) is 27.5. The summed E-state index contributed by atoms with van der Waals surface area (Å²) < 4.78 is 0. The van der Waals surface area contributed by atoms with Crippen molar-refractivity contribution in [1.82, 2.24) is 20.7 Å². The minimum atomic E-state index is -0.00779. The van der Waals surface area contributed by atoms with E-state index in [1.807, 2.05) is 26.0 Å². The van der Waals surface area contributed by atoms with E-state index in [2.05, 4.69) is 30.9 Å². The van der Waals surface area contributed by atoms with Gasteiger partial charge in [-0.15, -0.1) is 0 Å². The van der Waals surface area contributed by atoms with Crippen molar-refractivity contribution in [1.29, 1.82) is 0 Å². The van der Waals surface area contributed by atoms with Crippen molar-refractivity contribution < 1.29 is 42.6 Å². The third-order valence-corrected chi connectivity index (χ3v) is 7.17. The molecule has 8 nitrogen and oxygen atoms in total. The van der Waals surface area contributed by atoms with E-state index in [0.717, 1.165) is 37.6 Å². The molecule has 4 rings (SSSR count). The molecule has 2 saturated heterocycles. The monoisotopic (exact) mass is 668 g/mol. The van der Waals surface area contributed by atoms with Gasteiger partial charge in [0.1, 0.15) is 0 Å². The summed E-state index contributed by atoms with van der Waals surface area (Å²) in [6, 6.07) is 0. The van der Waals surface area contributed by atoms with Crippen LogP contribution in [0, 0.1) is 0 Å².